The number of rotatable bonds is 8. The van der Waals surface area contributed by atoms with Crippen LogP contribution in [-0.4, -0.2) is 44.5 Å². The Balaban J connectivity index is 1.25. The molecule has 0 saturated heterocycles. The number of carboxylic acid groups (broad SMARTS) is 1. The van der Waals surface area contributed by atoms with Crippen LogP contribution in [0.25, 0.3) is 22.4 Å². The van der Waals surface area contributed by atoms with E-state index in [2.05, 4.69) is 15.2 Å². The minimum atomic E-state index is -0.974. The van der Waals surface area contributed by atoms with E-state index in [1.54, 1.807) is 12.5 Å². The number of aliphatic carboxylic acids is 1. The number of carboxylic acids is 1. The second-order valence-electron chi connectivity index (χ2n) is 10.3. The molecule has 2 heterocycles. The van der Waals surface area contributed by atoms with Crippen molar-refractivity contribution in [2.45, 2.75) is 88.8 Å². The number of furan rings is 1. The number of nitrogens with zero attached hydrogens (tertiary/aromatic N) is 2. The highest BCUT2D eigenvalue weighted by atomic mass is 16.4. The summed E-state index contributed by atoms with van der Waals surface area (Å²) >= 11 is 0. The number of benzene rings is 1. The molecule has 9 heteroatoms. The van der Waals surface area contributed by atoms with Crippen LogP contribution in [0.2, 0.25) is 0 Å². The van der Waals surface area contributed by atoms with Crippen molar-refractivity contribution in [1.29, 1.82) is 0 Å². The zero-order valence-electron chi connectivity index (χ0n) is 20.9. The quantitative estimate of drug-likeness (QED) is 0.402. The van der Waals surface area contributed by atoms with Crippen LogP contribution >= 0.6 is 0 Å². The summed E-state index contributed by atoms with van der Waals surface area (Å²) in [5.41, 5.74) is 3.38. The van der Waals surface area contributed by atoms with Crippen molar-refractivity contribution in [3.63, 3.8) is 0 Å². The molecule has 2 saturated carbocycles. The Bertz CT molecular complexity index is 1250. The van der Waals surface area contributed by atoms with E-state index in [0.29, 0.717) is 11.6 Å². The van der Waals surface area contributed by atoms with Gasteiger partial charge in [0.15, 0.2) is 0 Å². The Morgan fingerprint density at radius 1 is 0.946 bits per heavy atom. The van der Waals surface area contributed by atoms with Crippen molar-refractivity contribution in [2.75, 3.05) is 0 Å². The van der Waals surface area contributed by atoms with Crippen LogP contribution in [0.5, 0.6) is 0 Å². The molecule has 0 unspecified atom stereocenters. The molecule has 0 aliphatic heterocycles. The first-order valence-electron chi connectivity index (χ1n) is 13.3. The fourth-order valence-electron chi connectivity index (χ4n) is 5.72. The molecule has 9 nitrogen and oxygen atoms in total. The smallest absolute Gasteiger partial charge is 0.303 e. The van der Waals surface area contributed by atoms with Gasteiger partial charge in [-0.15, -0.1) is 0 Å². The lowest BCUT2D eigenvalue weighted by Crippen LogP contribution is -2.43. The summed E-state index contributed by atoms with van der Waals surface area (Å²) in [5.74, 6) is -0.436. The Labute approximate surface area is 215 Å². The van der Waals surface area contributed by atoms with Gasteiger partial charge in [-0.05, 0) is 62.8 Å². The average molecular weight is 507 g/mol. The predicted molar refractivity (Wildman–Crippen MR) is 138 cm³/mol. The first kappa shape index (κ1) is 25.0. The standard InChI is InChI=1S/C28H34N4O5/c33-25(12-13-26(34)35)29-20-7-9-21(10-8-20)30-28(36)18-6-11-24-23(16-18)31-27(19-14-15-37-17-19)32(24)22-4-2-1-3-5-22/h6,11,14-17,20-22H,1-5,7-10,12-13H2,(H,29,33)(H,30,36)(H,34,35). The van der Waals surface area contributed by atoms with Crippen molar-refractivity contribution < 1.29 is 23.9 Å². The Morgan fingerprint density at radius 3 is 2.35 bits per heavy atom. The SMILES string of the molecule is O=C(O)CCC(=O)NC1CCC(NC(=O)c2ccc3c(c2)nc(-c2ccoc2)n3C2CCCCC2)CC1. The number of nitrogens with one attached hydrogen (secondary N) is 2. The van der Waals surface area contributed by atoms with Gasteiger partial charge in [-0.2, -0.15) is 0 Å². The first-order valence-corrected chi connectivity index (χ1v) is 13.3. The molecule has 196 valence electrons. The van der Waals surface area contributed by atoms with Gasteiger partial charge in [0.1, 0.15) is 12.1 Å². The van der Waals surface area contributed by atoms with E-state index in [1.165, 1.54) is 19.3 Å². The zero-order valence-corrected chi connectivity index (χ0v) is 20.9. The van der Waals surface area contributed by atoms with Crippen LogP contribution in [-0.2, 0) is 9.59 Å². The molecule has 37 heavy (non-hydrogen) atoms. The molecule has 3 aromatic rings. The largest absolute Gasteiger partial charge is 0.481 e. The maximum absolute atomic E-state index is 13.1. The van der Waals surface area contributed by atoms with Crippen LogP contribution < -0.4 is 10.6 Å². The van der Waals surface area contributed by atoms with Crippen molar-refractivity contribution in [3.05, 3.63) is 42.4 Å². The number of amides is 2. The zero-order chi connectivity index (χ0) is 25.8. The van der Waals surface area contributed by atoms with Gasteiger partial charge in [-0.1, -0.05) is 19.3 Å². The van der Waals surface area contributed by atoms with E-state index in [4.69, 9.17) is 14.5 Å². The van der Waals surface area contributed by atoms with E-state index in [9.17, 15) is 14.4 Å². The minimum absolute atomic E-state index is 0.00665. The second-order valence-corrected chi connectivity index (χ2v) is 10.3. The average Bonchev–Trinajstić information content (AvgIpc) is 3.57. The highest BCUT2D eigenvalue weighted by Gasteiger charge is 2.26. The Hall–Kier alpha value is -3.62. The molecule has 2 aliphatic carbocycles. The van der Waals surface area contributed by atoms with E-state index >= 15 is 0 Å². The van der Waals surface area contributed by atoms with Gasteiger partial charge in [0.05, 0.1) is 29.3 Å². The summed E-state index contributed by atoms with van der Waals surface area (Å²) < 4.78 is 7.67. The third-order valence-corrected chi connectivity index (χ3v) is 7.66. The highest BCUT2D eigenvalue weighted by molar-refractivity contribution is 5.98. The molecule has 3 N–H and O–H groups in total. The molecule has 2 aliphatic rings. The summed E-state index contributed by atoms with van der Waals surface area (Å²) in [6, 6.07) is 8.15. The molecule has 2 fully saturated rings. The van der Waals surface area contributed by atoms with E-state index in [1.807, 2.05) is 24.3 Å². The van der Waals surface area contributed by atoms with Crippen LogP contribution in [0.3, 0.4) is 0 Å². The van der Waals surface area contributed by atoms with Crippen molar-refractivity contribution in [3.8, 4) is 11.4 Å². The predicted octanol–water partition coefficient (Wildman–Crippen LogP) is 4.82. The van der Waals surface area contributed by atoms with Gasteiger partial charge in [-0.3, -0.25) is 14.4 Å². The number of carbonyl (C=O) groups is 3. The summed E-state index contributed by atoms with van der Waals surface area (Å²) in [6.07, 6.45) is 12.2. The van der Waals surface area contributed by atoms with Crippen LogP contribution in [0, 0.1) is 0 Å². The molecule has 5 rings (SSSR count). The normalized spacial score (nSPS) is 20.5. The maximum Gasteiger partial charge on any atom is 0.303 e. The molecule has 0 bridgehead atoms. The monoisotopic (exact) mass is 506 g/mol. The number of imidazole rings is 1. The van der Waals surface area contributed by atoms with E-state index < -0.39 is 5.97 Å². The summed E-state index contributed by atoms with van der Waals surface area (Å²) in [4.78, 5) is 40.6. The Morgan fingerprint density at radius 2 is 1.68 bits per heavy atom. The van der Waals surface area contributed by atoms with Gasteiger partial charge >= 0.3 is 5.97 Å². The molecular weight excluding hydrogens is 472 g/mol. The number of hydrogen-bond acceptors (Lipinski definition) is 5. The van der Waals surface area contributed by atoms with Gasteiger partial charge < -0.3 is 24.7 Å². The number of hydrogen-bond donors (Lipinski definition) is 3. The summed E-state index contributed by atoms with van der Waals surface area (Å²) in [6.45, 7) is 0. The van der Waals surface area contributed by atoms with Crippen molar-refractivity contribution in [1.82, 2.24) is 20.2 Å². The van der Waals surface area contributed by atoms with Crippen LogP contribution in [0.4, 0.5) is 0 Å². The van der Waals surface area contributed by atoms with Crippen molar-refractivity contribution in [2.24, 2.45) is 0 Å². The molecule has 1 aromatic carbocycles. The lowest BCUT2D eigenvalue weighted by molar-refractivity contribution is -0.139. The maximum atomic E-state index is 13.1. The molecular formula is C28H34N4O5. The molecule has 0 spiro atoms. The first-order chi connectivity index (χ1) is 18.0. The third kappa shape index (κ3) is 5.87. The lowest BCUT2D eigenvalue weighted by Gasteiger charge is -2.29. The topological polar surface area (TPSA) is 126 Å². The fraction of sp³-hybridized carbons (Fsp3) is 0.500. The summed E-state index contributed by atoms with van der Waals surface area (Å²) in [5, 5.41) is 14.8. The van der Waals surface area contributed by atoms with E-state index in [-0.39, 0.29) is 36.7 Å². The minimum Gasteiger partial charge on any atom is -0.481 e. The molecule has 0 radical (unpaired) electrons. The van der Waals surface area contributed by atoms with Crippen molar-refractivity contribution >= 4 is 28.8 Å². The van der Waals surface area contributed by atoms with Crippen LogP contribution in [0.15, 0.2) is 41.2 Å². The highest BCUT2D eigenvalue weighted by Crippen LogP contribution is 2.36. The Kier molecular flexibility index (Phi) is 7.58. The number of carbonyl (C=O) groups excluding carboxylic acids is 2. The third-order valence-electron chi connectivity index (χ3n) is 7.66. The summed E-state index contributed by atoms with van der Waals surface area (Å²) in [7, 11) is 0. The number of fused-ring (bicyclic) bond motifs is 1. The van der Waals surface area contributed by atoms with Crippen LogP contribution in [0.1, 0.15) is 87.0 Å². The fourth-order valence-corrected chi connectivity index (χ4v) is 5.72. The second kappa shape index (κ2) is 11.2. The van der Waals surface area contributed by atoms with E-state index in [0.717, 1.165) is 60.9 Å². The molecule has 2 amide bonds. The number of aromatic nitrogens is 2. The molecule has 2 aromatic heterocycles. The molecule has 0 atom stereocenters. The van der Waals surface area contributed by atoms with Gasteiger partial charge in [-0.25, -0.2) is 4.98 Å². The van der Waals surface area contributed by atoms with Gasteiger partial charge in [0.25, 0.3) is 5.91 Å². The van der Waals surface area contributed by atoms with Gasteiger partial charge in [0.2, 0.25) is 5.91 Å². The van der Waals surface area contributed by atoms with Gasteiger partial charge in [0, 0.05) is 30.1 Å². The lowest BCUT2D eigenvalue weighted by atomic mass is 9.91.